The molecule has 1 fully saturated rings. The van der Waals surface area contributed by atoms with Gasteiger partial charge in [0.25, 0.3) is 0 Å². The number of hydrogen-bond acceptors (Lipinski definition) is 4. The molecule has 15 heavy (non-hydrogen) atoms. The lowest BCUT2D eigenvalue weighted by molar-refractivity contribution is 0.565. The zero-order valence-corrected chi connectivity index (χ0v) is 7.92. The van der Waals surface area contributed by atoms with Crippen molar-refractivity contribution in [2.24, 2.45) is 4.99 Å². The molecule has 3 rings (SSSR count). The number of carbonyl (C=O) groups excluding carboxylic acids is 1. The molecule has 0 bridgehead atoms. The van der Waals surface area contributed by atoms with Crippen LogP contribution >= 0.6 is 0 Å². The molecule has 0 saturated heterocycles. The van der Waals surface area contributed by atoms with E-state index in [1.807, 2.05) is 0 Å². The van der Waals surface area contributed by atoms with E-state index in [1.54, 1.807) is 22.8 Å². The van der Waals surface area contributed by atoms with Crippen LogP contribution in [0.1, 0.15) is 24.6 Å². The maximum Gasteiger partial charge on any atom is 0.240 e. The topological polar surface area (TPSA) is 59.6 Å². The zero-order valence-electron chi connectivity index (χ0n) is 7.92. The Hall–Kier alpha value is -2.00. The van der Waals surface area contributed by atoms with Crippen LogP contribution in [0.4, 0.5) is 5.69 Å². The fourth-order valence-corrected chi connectivity index (χ4v) is 1.52. The first-order valence-corrected chi connectivity index (χ1v) is 4.81. The minimum absolute atomic E-state index is 0.530. The summed E-state index contributed by atoms with van der Waals surface area (Å²) in [5.41, 5.74) is 1.34. The molecule has 2 aromatic rings. The molecule has 0 unspecified atom stereocenters. The van der Waals surface area contributed by atoms with Gasteiger partial charge in [0.2, 0.25) is 6.08 Å². The molecule has 0 radical (unpaired) electrons. The summed E-state index contributed by atoms with van der Waals surface area (Å²) >= 11 is 0. The number of isocyanates is 1. The molecule has 0 amide bonds. The average Bonchev–Trinajstić information content (AvgIpc) is 2.99. The van der Waals surface area contributed by atoms with Crippen molar-refractivity contribution in [2.45, 2.75) is 18.8 Å². The molecule has 1 aliphatic carbocycles. The van der Waals surface area contributed by atoms with Gasteiger partial charge in [0, 0.05) is 5.92 Å². The summed E-state index contributed by atoms with van der Waals surface area (Å²) in [6.45, 7) is 0. The van der Waals surface area contributed by atoms with E-state index in [1.165, 1.54) is 18.9 Å². The number of fused-ring (bicyclic) bond motifs is 1. The Morgan fingerprint density at radius 1 is 1.47 bits per heavy atom. The van der Waals surface area contributed by atoms with Gasteiger partial charge in [-0.25, -0.2) is 14.3 Å². The van der Waals surface area contributed by atoms with Crippen LogP contribution in [-0.4, -0.2) is 20.7 Å². The van der Waals surface area contributed by atoms with Gasteiger partial charge in [0.15, 0.2) is 11.5 Å². The first kappa shape index (κ1) is 8.32. The number of rotatable bonds is 2. The first-order valence-electron chi connectivity index (χ1n) is 4.81. The molecule has 0 atom stereocenters. The maximum atomic E-state index is 10.1. The van der Waals surface area contributed by atoms with E-state index in [4.69, 9.17) is 0 Å². The fourth-order valence-electron chi connectivity index (χ4n) is 1.52. The van der Waals surface area contributed by atoms with Crippen LogP contribution in [-0.2, 0) is 4.79 Å². The third-order valence-corrected chi connectivity index (χ3v) is 2.45. The van der Waals surface area contributed by atoms with E-state index < -0.39 is 0 Å². The molecular weight excluding hydrogens is 192 g/mol. The van der Waals surface area contributed by atoms with E-state index in [0.29, 0.717) is 11.6 Å². The van der Waals surface area contributed by atoms with Gasteiger partial charge in [0.05, 0.1) is 11.9 Å². The highest BCUT2D eigenvalue weighted by molar-refractivity contribution is 5.51. The van der Waals surface area contributed by atoms with Crippen LogP contribution in [0, 0.1) is 0 Å². The predicted octanol–water partition coefficient (Wildman–Crippen LogP) is 1.57. The van der Waals surface area contributed by atoms with Crippen molar-refractivity contribution in [3.63, 3.8) is 0 Å². The van der Waals surface area contributed by atoms with Crippen LogP contribution < -0.4 is 0 Å². The zero-order chi connectivity index (χ0) is 10.3. The number of nitrogens with zero attached hydrogens (tertiary/aromatic N) is 4. The normalized spacial score (nSPS) is 15.2. The van der Waals surface area contributed by atoms with Gasteiger partial charge < -0.3 is 0 Å². The summed E-state index contributed by atoms with van der Waals surface area (Å²) in [5, 5.41) is 4.33. The largest absolute Gasteiger partial charge is 0.240 e. The number of hydrogen-bond donors (Lipinski definition) is 0. The Bertz CT molecular complexity index is 564. The van der Waals surface area contributed by atoms with Crippen molar-refractivity contribution in [2.75, 3.05) is 0 Å². The highest BCUT2D eigenvalue weighted by Crippen LogP contribution is 2.38. The second-order valence-electron chi connectivity index (χ2n) is 3.64. The van der Waals surface area contributed by atoms with Gasteiger partial charge in [-0.3, -0.25) is 0 Å². The number of aliphatic imine (C=N–C) groups is 1. The lowest BCUT2D eigenvalue weighted by Crippen LogP contribution is -1.86. The third kappa shape index (κ3) is 1.43. The van der Waals surface area contributed by atoms with E-state index in [0.717, 1.165) is 11.5 Å². The van der Waals surface area contributed by atoms with Crippen LogP contribution in [0.2, 0.25) is 0 Å². The lowest BCUT2D eigenvalue weighted by Gasteiger charge is -1.91. The smallest absolute Gasteiger partial charge is 0.219 e. The summed E-state index contributed by atoms with van der Waals surface area (Å²) in [7, 11) is 0. The Morgan fingerprint density at radius 2 is 2.33 bits per heavy atom. The minimum atomic E-state index is 0.530. The van der Waals surface area contributed by atoms with E-state index in [2.05, 4.69) is 15.1 Å². The second-order valence-corrected chi connectivity index (χ2v) is 3.64. The van der Waals surface area contributed by atoms with E-state index in [9.17, 15) is 4.79 Å². The van der Waals surface area contributed by atoms with Crippen LogP contribution in [0.15, 0.2) is 23.3 Å². The Kier molecular flexibility index (Phi) is 1.66. The quantitative estimate of drug-likeness (QED) is 0.546. The van der Waals surface area contributed by atoms with Gasteiger partial charge >= 0.3 is 0 Å². The van der Waals surface area contributed by atoms with Crippen molar-refractivity contribution in [1.29, 1.82) is 0 Å². The van der Waals surface area contributed by atoms with Crippen LogP contribution in [0.3, 0.4) is 0 Å². The van der Waals surface area contributed by atoms with Crippen molar-refractivity contribution in [1.82, 2.24) is 14.6 Å². The number of aromatic nitrogens is 3. The van der Waals surface area contributed by atoms with Gasteiger partial charge in [-0.1, -0.05) is 0 Å². The summed E-state index contributed by atoms with van der Waals surface area (Å²) < 4.78 is 1.66. The molecule has 0 aliphatic heterocycles. The Balaban J connectivity index is 2.13. The molecule has 1 saturated carbocycles. The van der Waals surface area contributed by atoms with Crippen LogP contribution in [0.5, 0.6) is 0 Å². The lowest BCUT2D eigenvalue weighted by atomic mass is 10.4. The highest BCUT2D eigenvalue weighted by Gasteiger charge is 2.27. The van der Waals surface area contributed by atoms with E-state index in [-0.39, 0.29) is 0 Å². The monoisotopic (exact) mass is 200 g/mol. The molecule has 0 spiro atoms. The molecule has 5 nitrogen and oxygen atoms in total. The standard InChI is InChI=1S/C10H8N4O/c15-6-11-8-3-4-9-12-10(7-1-2-7)13-14(9)5-8/h3-5,7H,1-2H2. The fraction of sp³-hybridized carbons (Fsp3) is 0.300. The van der Waals surface area contributed by atoms with E-state index >= 15 is 0 Å². The SMILES string of the molecule is O=C=Nc1ccc2nc(C3CC3)nn2c1. The molecule has 0 aromatic carbocycles. The Morgan fingerprint density at radius 3 is 3.07 bits per heavy atom. The van der Waals surface area contributed by atoms with Crippen molar-refractivity contribution < 1.29 is 4.79 Å². The third-order valence-electron chi connectivity index (χ3n) is 2.45. The molecule has 2 aromatic heterocycles. The molecule has 1 aliphatic rings. The van der Waals surface area contributed by atoms with Crippen molar-refractivity contribution in [3.05, 3.63) is 24.2 Å². The van der Waals surface area contributed by atoms with Gasteiger partial charge in [-0.15, -0.1) is 0 Å². The molecule has 2 heterocycles. The van der Waals surface area contributed by atoms with Gasteiger partial charge in [0.1, 0.15) is 0 Å². The molecule has 0 N–H and O–H groups in total. The maximum absolute atomic E-state index is 10.1. The minimum Gasteiger partial charge on any atom is -0.219 e. The number of pyridine rings is 1. The summed E-state index contributed by atoms with van der Waals surface area (Å²) in [6.07, 6.45) is 5.54. The van der Waals surface area contributed by atoms with Crippen LogP contribution in [0.25, 0.3) is 5.65 Å². The highest BCUT2D eigenvalue weighted by atomic mass is 16.1. The molecule has 5 heteroatoms. The van der Waals surface area contributed by atoms with Crippen molar-refractivity contribution >= 4 is 17.4 Å². The summed E-state index contributed by atoms with van der Waals surface area (Å²) in [4.78, 5) is 18.0. The molecule has 74 valence electrons. The molecular formula is C10H8N4O. The van der Waals surface area contributed by atoms with Gasteiger partial charge in [-0.05, 0) is 25.0 Å². The van der Waals surface area contributed by atoms with Gasteiger partial charge in [-0.2, -0.15) is 10.1 Å². The first-order chi connectivity index (χ1) is 7.36. The van der Waals surface area contributed by atoms with Crippen molar-refractivity contribution in [3.8, 4) is 0 Å². The average molecular weight is 200 g/mol. The summed E-state index contributed by atoms with van der Waals surface area (Å²) in [6, 6.07) is 3.53. The predicted molar refractivity (Wildman–Crippen MR) is 52.7 cm³/mol. The summed E-state index contributed by atoms with van der Waals surface area (Å²) in [5.74, 6) is 1.42. The Labute approximate surface area is 85.5 Å². The second kappa shape index (κ2) is 3.00.